The highest BCUT2D eigenvalue weighted by molar-refractivity contribution is 7.99. The van der Waals surface area contributed by atoms with E-state index in [1.54, 1.807) is 24.3 Å². The summed E-state index contributed by atoms with van der Waals surface area (Å²) in [5, 5.41) is 3.85. The van der Waals surface area contributed by atoms with E-state index in [0.29, 0.717) is 26.7 Å². The topological polar surface area (TPSA) is 80.9 Å². The van der Waals surface area contributed by atoms with Crippen LogP contribution in [-0.4, -0.2) is 21.6 Å². The lowest BCUT2D eigenvalue weighted by Crippen LogP contribution is -2.14. The number of hydrogen-bond acceptors (Lipinski definition) is 5. The molecule has 0 aliphatic rings. The van der Waals surface area contributed by atoms with Crippen molar-refractivity contribution in [3.8, 4) is 0 Å². The summed E-state index contributed by atoms with van der Waals surface area (Å²) in [5.74, 6) is 0.294. The van der Waals surface area contributed by atoms with Crippen LogP contribution in [0.4, 0.5) is 11.5 Å². The highest BCUT2D eigenvalue weighted by Crippen LogP contribution is 2.29. The molecule has 1 amide bonds. The summed E-state index contributed by atoms with van der Waals surface area (Å²) in [7, 11) is 0. The molecule has 0 aliphatic carbocycles. The van der Waals surface area contributed by atoms with Crippen LogP contribution in [0.25, 0.3) is 0 Å². The van der Waals surface area contributed by atoms with Crippen LogP contribution in [0.1, 0.15) is 5.69 Å². The van der Waals surface area contributed by atoms with Crippen LogP contribution in [0.3, 0.4) is 0 Å². The summed E-state index contributed by atoms with van der Waals surface area (Å²) in [5.41, 5.74) is 6.85. The molecular weight excluding hydrogens is 331 g/mol. The number of benzene rings is 1. The van der Waals surface area contributed by atoms with Gasteiger partial charge in [0.25, 0.3) is 0 Å². The Morgan fingerprint density at radius 3 is 2.86 bits per heavy atom. The van der Waals surface area contributed by atoms with Crippen molar-refractivity contribution in [2.75, 3.05) is 16.8 Å². The highest BCUT2D eigenvalue weighted by atomic mass is 35.5. The van der Waals surface area contributed by atoms with Gasteiger partial charge in [0.15, 0.2) is 5.16 Å². The van der Waals surface area contributed by atoms with Crippen molar-refractivity contribution in [2.24, 2.45) is 0 Å². The van der Waals surface area contributed by atoms with Gasteiger partial charge in [-0.2, -0.15) is 0 Å². The van der Waals surface area contributed by atoms with Gasteiger partial charge >= 0.3 is 0 Å². The minimum atomic E-state index is -0.229. The summed E-state index contributed by atoms with van der Waals surface area (Å²) in [6, 6.07) is 6.70. The predicted octanol–water partition coefficient (Wildman–Crippen LogP) is 3.40. The maximum Gasteiger partial charge on any atom is 0.234 e. The molecule has 0 radical (unpaired) electrons. The maximum absolute atomic E-state index is 11.9. The van der Waals surface area contributed by atoms with E-state index in [1.165, 1.54) is 11.8 Å². The molecule has 2 rings (SSSR count). The van der Waals surface area contributed by atoms with Gasteiger partial charge in [0.1, 0.15) is 5.82 Å². The van der Waals surface area contributed by atoms with Gasteiger partial charge in [-0.1, -0.05) is 41.0 Å². The van der Waals surface area contributed by atoms with Crippen molar-refractivity contribution in [2.45, 2.75) is 12.1 Å². The zero-order valence-corrected chi connectivity index (χ0v) is 13.4. The lowest BCUT2D eigenvalue weighted by molar-refractivity contribution is -0.113. The first-order valence-electron chi connectivity index (χ1n) is 5.93. The van der Waals surface area contributed by atoms with E-state index in [0.717, 1.165) is 5.69 Å². The number of nitrogens with one attached hydrogen (secondary N) is 1. The van der Waals surface area contributed by atoms with Crippen molar-refractivity contribution in [3.63, 3.8) is 0 Å². The zero-order valence-electron chi connectivity index (χ0n) is 11.1. The molecule has 1 aromatic carbocycles. The number of rotatable bonds is 4. The average molecular weight is 343 g/mol. The number of amides is 1. The molecule has 3 N–H and O–H groups in total. The number of carbonyl (C=O) groups excluding carboxylic acids is 1. The number of nitrogen functional groups attached to an aromatic ring is 1. The standard InChI is InChI=1S/C13H12Cl2N4OS/c1-7-5-10(16)19-13(17-7)21-6-11(20)18-9-4-2-3-8(14)12(9)15/h2-5H,6H2,1H3,(H,18,20)(H2,16,17,19). The number of thioether (sulfide) groups is 1. The van der Waals surface area contributed by atoms with Crippen LogP contribution in [0.2, 0.25) is 10.0 Å². The first-order valence-corrected chi connectivity index (χ1v) is 7.67. The monoisotopic (exact) mass is 342 g/mol. The predicted molar refractivity (Wildman–Crippen MR) is 87.0 cm³/mol. The smallest absolute Gasteiger partial charge is 0.234 e. The lowest BCUT2D eigenvalue weighted by atomic mass is 10.3. The first-order chi connectivity index (χ1) is 9.95. The largest absolute Gasteiger partial charge is 0.384 e. The van der Waals surface area contributed by atoms with E-state index in [-0.39, 0.29) is 11.7 Å². The molecule has 21 heavy (non-hydrogen) atoms. The molecule has 1 heterocycles. The maximum atomic E-state index is 11.9. The molecule has 0 spiro atoms. The van der Waals surface area contributed by atoms with Crippen LogP contribution in [0, 0.1) is 6.92 Å². The number of aromatic nitrogens is 2. The molecule has 110 valence electrons. The Hall–Kier alpha value is -1.50. The fraction of sp³-hybridized carbons (Fsp3) is 0.154. The van der Waals surface area contributed by atoms with Gasteiger partial charge in [-0.3, -0.25) is 4.79 Å². The van der Waals surface area contributed by atoms with E-state index in [9.17, 15) is 4.79 Å². The molecule has 0 fully saturated rings. The lowest BCUT2D eigenvalue weighted by Gasteiger charge is -2.08. The van der Waals surface area contributed by atoms with Crippen molar-refractivity contribution >= 4 is 52.4 Å². The Morgan fingerprint density at radius 1 is 1.38 bits per heavy atom. The van der Waals surface area contributed by atoms with Crippen molar-refractivity contribution in [1.29, 1.82) is 0 Å². The van der Waals surface area contributed by atoms with Crippen LogP contribution in [-0.2, 0) is 4.79 Å². The summed E-state index contributed by atoms with van der Waals surface area (Å²) in [4.78, 5) is 20.1. The normalized spacial score (nSPS) is 10.4. The van der Waals surface area contributed by atoms with Crippen LogP contribution in [0.15, 0.2) is 29.4 Å². The first kappa shape index (κ1) is 15.9. The molecule has 1 aromatic heterocycles. The van der Waals surface area contributed by atoms with Gasteiger partial charge in [-0.25, -0.2) is 9.97 Å². The summed E-state index contributed by atoms with van der Waals surface area (Å²) in [6.07, 6.45) is 0. The fourth-order valence-electron chi connectivity index (χ4n) is 1.55. The molecule has 8 heteroatoms. The van der Waals surface area contributed by atoms with Crippen LogP contribution >= 0.6 is 35.0 Å². The molecule has 0 atom stereocenters. The molecular formula is C13H12Cl2N4OS. The Balaban J connectivity index is 1.97. The fourth-order valence-corrected chi connectivity index (χ4v) is 2.60. The number of nitrogens with zero attached hydrogens (tertiary/aromatic N) is 2. The van der Waals surface area contributed by atoms with E-state index in [2.05, 4.69) is 15.3 Å². The third kappa shape index (κ3) is 4.49. The minimum Gasteiger partial charge on any atom is -0.384 e. The number of halogens is 2. The Kier molecular flexibility index (Phi) is 5.27. The highest BCUT2D eigenvalue weighted by Gasteiger charge is 2.10. The molecule has 0 bridgehead atoms. The molecule has 0 saturated heterocycles. The summed E-state index contributed by atoms with van der Waals surface area (Å²) >= 11 is 13.1. The number of carbonyl (C=O) groups is 1. The molecule has 5 nitrogen and oxygen atoms in total. The van der Waals surface area contributed by atoms with Crippen LogP contribution < -0.4 is 11.1 Å². The average Bonchev–Trinajstić information content (AvgIpc) is 2.41. The number of hydrogen-bond donors (Lipinski definition) is 2. The SMILES string of the molecule is Cc1cc(N)nc(SCC(=O)Nc2cccc(Cl)c2Cl)n1. The van der Waals surface area contributed by atoms with Crippen LogP contribution in [0.5, 0.6) is 0 Å². The van der Waals surface area contributed by atoms with E-state index in [1.807, 2.05) is 6.92 Å². The Labute approximate surface area is 136 Å². The van der Waals surface area contributed by atoms with E-state index in [4.69, 9.17) is 28.9 Å². The molecule has 0 saturated carbocycles. The Morgan fingerprint density at radius 2 is 2.14 bits per heavy atom. The van der Waals surface area contributed by atoms with Crippen molar-refractivity contribution in [1.82, 2.24) is 9.97 Å². The van der Waals surface area contributed by atoms with Gasteiger partial charge in [-0.15, -0.1) is 0 Å². The second-order valence-electron chi connectivity index (χ2n) is 4.15. The summed E-state index contributed by atoms with van der Waals surface area (Å²) < 4.78 is 0. The van der Waals surface area contributed by atoms with Crippen molar-refractivity contribution < 1.29 is 4.79 Å². The minimum absolute atomic E-state index is 0.145. The Bertz CT molecular complexity index is 661. The quantitative estimate of drug-likeness (QED) is 0.657. The van der Waals surface area contributed by atoms with Gasteiger partial charge < -0.3 is 11.1 Å². The van der Waals surface area contributed by atoms with Gasteiger partial charge in [-0.05, 0) is 19.1 Å². The summed E-state index contributed by atoms with van der Waals surface area (Å²) in [6.45, 7) is 1.81. The number of anilines is 2. The van der Waals surface area contributed by atoms with E-state index >= 15 is 0 Å². The molecule has 0 aliphatic heterocycles. The van der Waals surface area contributed by atoms with Gasteiger partial charge in [0, 0.05) is 11.8 Å². The van der Waals surface area contributed by atoms with Crippen molar-refractivity contribution in [3.05, 3.63) is 40.0 Å². The van der Waals surface area contributed by atoms with Gasteiger partial charge in [0.05, 0.1) is 21.5 Å². The third-order valence-corrected chi connectivity index (χ3v) is 4.08. The second kappa shape index (κ2) is 6.98. The number of nitrogens with two attached hydrogens (primary N) is 1. The van der Waals surface area contributed by atoms with E-state index < -0.39 is 0 Å². The van der Waals surface area contributed by atoms with Gasteiger partial charge in [0.2, 0.25) is 5.91 Å². The third-order valence-electron chi connectivity index (χ3n) is 2.41. The molecule has 0 unspecified atom stereocenters. The number of aryl methyl sites for hydroxylation is 1. The zero-order chi connectivity index (χ0) is 15.4. The molecule has 2 aromatic rings. The second-order valence-corrected chi connectivity index (χ2v) is 5.88.